The van der Waals surface area contributed by atoms with E-state index in [0.29, 0.717) is 0 Å². The van der Waals surface area contributed by atoms with Crippen molar-refractivity contribution in [3.8, 4) is 0 Å². The summed E-state index contributed by atoms with van der Waals surface area (Å²) in [5, 5.41) is 0. The average molecular weight is 221 g/mol. The van der Waals surface area contributed by atoms with Crippen molar-refractivity contribution in [2.75, 3.05) is 0 Å². The van der Waals surface area contributed by atoms with E-state index in [4.69, 9.17) is 14.7 Å². The molecule has 0 unspecified atom stereocenters. The molecule has 0 heterocycles. The van der Waals surface area contributed by atoms with Gasteiger partial charge in [0, 0.05) is 0 Å². The van der Waals surface area contributed by atoms with Crippen molar-refractivity contribution in [1.29, 1.82) is 0 Å². The predicted molar refractivity (Wildman–Crippen MR) is 22.1 cm³/mol. The summed E-state index contributed by atoms with van der Waals surface area (Å²) in [7, 11) is -2.62. The fraction of sp³-hybridized carbons (Fsp3) is 0. The van der Waals surface area contributed by atoms with Crippen LogP contribution in [0, 0.1) is 0 Å². The summed E-state index contributed by atoms with van der Waals surface area (Å²) in [6.07, 6.45) is 0. The fourth-order valence-corrected chi connectivity index (χ4v) is 0. The van der Waals surface area contributed by atoms with Crippen LogP contribution in [-0.2, 0) is 0 Å². The minimum atomic E-state index is -2.62. The van der Waals surface area contributed by atoms with Gasteiger partial charge < -0.3 is 14.7 Å². The van der Waals surface area contributed by atoms with Crippen LogP contribution in [0.5, 0.6) is 0 Å². The van der Waals surface area contributed by atoms with Gasteiger partial charge in [0.15, 0.2) is 0 Å². The van der Waals surface area contributed by atoms with E-state index in [0.717, 1.165) is 0 Å². The molecule has 0 aromatic carbocycles. The quantitative estimate of drug-likeness (QED) is 0.337. The first-order chi connectivity index (χ1) is 1.73. The summed E-state index contributed by atoms with van der Waals surface area (Å²) >= 11 is 0. The van der Waals surface area contributed by atoms with E-state index in [9.17, 15) is 0 Å². The van der Waals surface area contributed by atoms with Crippen LogP contribution in [0.2, 0.25) is 0 Å². The van der Waals surface area contributed by atoms with Gasteiger partial charge in [-0.25, -0.2) is 0 Å². The summed E-state index contributed by atoms with van der Waals surface area (Å²) < 4.78 is 0. The molecule has 0 aliphatic carbocycles. The van der Waals surface area contributed by atoms with E-state index < -0.39 is 8.60 Å². The van der Waals surface area contributed by atoms with E-state index >= 15 is 0 Å². The van der Waals surface area contributed by atoms with Gasteiger partial charge in [0.25, 0.3) is 0 Å². The van der Waals surface area contributed by atoms with Crippen molar-refractivity contribution in [3.05, 3.63) is 0 Å². The molecule has 0 aromatic rings. The molecule has 0 saturated heterocycles. The number of rotatable bonds is 0. The Morgan fingerprint density at radius 3 is 1.00 bits per heavy atom. The molecule has 0 saturated carbocycles. The monoisotopic (exact) mass is 222 g/mol. The summed E-state index contributed by atoms with van der Waals surface area (Å²) in [5.41, 5.74) is 0. The third-order valence-corrected chi connectivity index (χ3v) is 0. The molecule has 0 amide bonds. The third-order valence-electron chi connectivity index (χ3n) is 0. The zero-order valence-corrected chi connectivity index (χ0v) is 2.68. The first-order valence-corrected chi connectivity index (χ1v) is 1.80. The molecular formula is H5BaO3P. The second-order valence-electron chi connectivity index (χ2n) is 0.268. The van der Waals surface area contributed by atoms with Crippen LogP contribution >= 0.6 is 8.60 Å². The molecule has 30 valence electrons. The first kappa shape index (κ1) is 9.99. The van der Waals surface area contributed by atoms with Crippen LogP contribution in [0.25, 0.3) is 0 Å². The molecule has 0 spiro atoms. The molecule has 0 bridgehead atoms. The number of hydrogen-bond donors (Lipinski definition) is 3. The zero-order chi connectivity index (χ0) is 3.58. The van der Waals surface area contributed by atoms with E-state index in [2.05, 4.69) is 0 Å². The molecule has 0 rings (SSSR count). The Bertz CT molecular complexity index is 11.6. The Kier molecular flexibility index (Phi) is 11.8. The molecule has 0 aliphatic heterocycles. The second-order valence-corrected chi connectivity index (χ2v) is 0.805. The number of hydrogen-bond acceptors (Lipinski definition) is 3. The van der Waals surface area contributed by atoms with Gasteiger partial charge in [-0.2, -0.15) is 0 Å². The Morgan fingerprint density at radius 1 is 1.00 bits per heavy atom. The minimum absolute atomic E-state index is 0. The van der Waals surface area contributed by atoms with Crippen molar-refractivity contribution in [2.24, 2.45) is 0 Å². The molecule has 3 N–H and O–H groups in total. The third kappa shape index (κ3) is 25.0. The Morgan fingerprint density at radius 2 is 1.00 bits per heavy atom. The van der Waals surface area contributed by atoms with Gasteiger partial charge in [-0.3, -0.25) is 0 Å². The van der Waals surface area contributed by atoms with Gasteiger partial charge in [-0.1, -0.05) is 0 Å². The van der Waals surface area contributed by atoms with Crippen molar-refractivity contribution in [1.82, 2.24) is 0 Å². The van der Waals surface area contributed by atoms with Crippen LogP contribution in [-0.4, -0.2) is 63.6 Å². The van der Waals surface area contributed by atoms with E-state index in [1.807, 2.05) is 0 Å². The molecule has 0 aromatic heterocycles. The average Bonchev–Trinajstić information content (AvgIpc) is 0.811. The van der Waals surface area contributed by atoms with E-state index in [1.54, 1.807) is 0 Å². The van der Waals surface area contributed by atoms with Gasteiger partial charge in [-0.05, 0) is 0 Å². The standard InChI is InChI=1S/Ba.H3O3P.2H/c;1-4(2)3;;/h;1-3H;;. The normalized spacial score (nSPS) is 7.20. The zero-order valence-electron chi connectivity index (χ0n) is 1.79. The van der Waals surface area contributed by atoms with Gasteiger partial charge >= 0.3 is 57.5 Å². The molecule has 0 fully saturated rings. The second kappa shape index (κ2) is 5.88. The molecule has 5 heavy (non-hydrogen) atoms. The SMILES string of the molecule is OP(O)O.[BaH2]. The van der Waals surface area contributed by atoms with Crippen LogP contribution in [0.15, 0.2) is 0 Å². The van der Waals surface area contributed by atoms with Crippen molar-refractivity contribution in [3.63, 3.8) is 0 Å². The van der Waals surface area contributed by atoms with E-state index in [-0.39, 0.29) is 48.9 Å². The molecule has 0 atom stereocenters. The maximum atomic E-state index is 7.23. The van der Waals surface area contributed by atoms with Crippen LogP contribution < -0.4 is 0 Å². The fourth-order valence-electron chi connectivity index (χ4n) is 0. The Labute approximate surface area is 71.1 Å². The Hall–Kier alpha value is 1.88. The maximum absolute atomic E-state index is 7.23. The molecular weight excluding hydrogens is 216 g/mol. The van der Waals surface area contributed by atoms with Gasteiger partial charge in [0.05, 0.1) is 0 Å². The van der Waals surface area contributed by atoms with E-state index in [1.165, 1.54) is 0 Å². The summed E-state index contributed by atoms with van der Waals surface area (Å²) in [6.45, 7) is 0. The molecule has 0 aliphatic rings. The summed E-state index contributed by atoms with van der Waals surface area (Å²) in [6, 6.07) is 0. The molecule has 0 radical (unpaired) electrons. The first-order valence-electron chi connectivity index (χ1n) is 0.600. The van der Waals surface area contributed by atoms with Gasteiger partial charge in [-0.15, -0.1) is 0 Å². The molecule has 3 nitrogen and oxygen atoms in total. The van der Waals surface area contributed by atoms with Crippen molar-refractivity contribution >= 4 is 57.5 Å². The van der Waals surface area contributed by atoms with Crippen LogP contribution in [0.3, 0.4) is 0 Å². The van der Waals surface area contributed by atoms with Crippen LogP contribution in [0.1, 0.15) is 0 Å². The van der Waals surface area contributed by atoms with Crippen molar-refractivity contribution in [2.45, 2.75) is 0 Å². The molecule has 5 heteroatoms. The summed E-state index contributed by atoms with van der Waals surface area (Å²) in [4.78, 5) is 21.7. The summed E-state index contributed by atoms with van der Waals surface area (Å²) in [5.74, 6) is 0. The van der Waals surface area contributed by atoms with Gasteiger partial charge in [0.2, 0.25) is 0 Å². The topological polar surface area (TPSA) is 60.7 Å². The van der Waals surface area contributed by atoms with Gasteiger partial charge in [0.1, 0.15) is 0 Å². The van der Waals surface area contributed by atoms with Crippen LogP contribution in [0.4, 0.5) is 0 Å². The predicted octanol–water partition coefficient (Wildman–Crippen LogP) is -1.73. The van der Waals surface area contributed by atoms with Crippen molar-refractivity contribution < 1.29 is 14.7 Å². The Balaban J connectivity index is 0.